The summed E-state index contributed by atoms with van der Waals surface area (Å²) in [4.78, 5) is 8.68. The first-order chi connectivity index (χ1) is 7.22. The monoisotopic (exact) mass is 202 g/mol. The molecule has 0 fully saturated rings. The number of anilines is 1. The van der Waals surface area contributed by atoms with E-state index in [1.165, 1.54) is 0 Å². The molecule has 0 saturated carbocycles. The third kappa shape index (κ3) is 1.70. The highest BCUT2D eigenvalue weighted by Crippen LogP contribution is 2.13. The van der Waals surface area contributed by atoms with Gasteiger partial charge in [0, 0.05) is 18.8 Å². The van der Waals surface area contributed by atoms with Crippen molar-refractivity contribution in [1.82, 2.24) is 14.5 Å². The molecule has 0 unspecified atom stereocenters. The first kappa shape index (κ1) is 9.71. The lowest BCUT2D eigenvalue weighted by Crippen LogP contribution is -2.03. The fourth-order valence-electron chi connectivity index (χ4n) is 1.50. The molecule has 4 heteroatoms. The molecule has 0 bridgehead atoms. The molecule has 0 aliphatic rings. The summed E-state index contributed by atoms with van der Waals surface area (Å²) in [7, 11) is 0. The van der Waals surface area contributed by atoms with Crippen LogP contribution in [-0.2, 0) is 6.42 Å². The number of nitrogens with two attached hydrogens (primary N) is 1. The van der Waals surface area contributed by atoms with Gasteiger partial charge in [-0.05, 0) is 19.1 Å². The van der Waals surface area contributed by atoms with Gasteiger partial charge in [0.05, 0.1) is 11.4 Å². The van der Waals surface area contributed by atoms with Crippen molar-refractivity contribution in [2.75, 3.05) is 5.73 Å². The summed E-state index contributed by atoms with van der Waals surface area (Å²) in [5.41, 5.74) is 7.29. The fourth-order valence-corrected chi connectivity index (χ4v) is 1.50. The second-order valence-electron chi connectivity index (χ2n) is 3.41. The van der Waals surface area contributed by atoms with Crippen molar-refractivity contribution in [3.63, 3.8) is 0 Å². The summed E-state index contributed by atoms with van der Waals surface area (Å²) in [5.74, 6) is 1.88. The van der Waals surface area contributed by atoms with E-state index in [2.05, 4.69) is 16.9 Å². The zero-order chi connectivity index (χ0) is 10.8. The van der Waals surface area contributed by atoms with Gasteiger partial charge >= 0.3 is 0 Å². The Hall–Kier alpha value is -1.84. The minimum atomic E-state index is 0.719. The van der Waals surface area contributed by atoms with Gasteiger partial charge in [-0.25, -0.2) is 9.97 Å². The first-order valence-electron chi connectivity index (χ1n) is 4.98. The van der Waals surface area contributed by atoms with Crippen LogP contribution in [0.2, 0.25) is 0 Å². The van der Waals surface area contributed by atoms with Crippen molar-refractivity contribution in [1.29, 1.82) is 0 Å². The van der Waals surface area contributed by atoms with Crippen LogP contribution in [0.1, 0.15) is 18.4 Å². The van der Waals surface area contributed by atoms with Gasteiger partial charge in [0.25, 0.3) is 0 Å². The number of aromatic nitrogens is 3. The number of nitrogens with zero attached hydrogens (tertiary/aromatic N) is 3. The normalized spacial score (nSPS) is 10.5. The van der Waals surface area contributed by atoms with Gasteiger partial charge in [0.1, 0.15) is 11.6 Å². The van der Waals surface area contributed by atoms with E-state index in [4.69, 9.17) is 5.73 Å². The van der Waals surface area contributed by atoms with Crippen LogP contribution in [0.3, 0.4) is 0 Å². The summed E-state index contributed by atoms with van der Waals surface area (Å²) in [6.45, 7) is 3.98. The molecule has 15 heavy (non-hydrogen) atoms. The van der Waals surface area contributed by atoms with Crippen molar-refractivity contribution < 1.29 is 0 Å². The van der Waals surface area contributed by atoms with Crippen LogP contribution in [0, 0.1) is 6.92 Å². The van der Waals surface area contributed by atoms with Crippen molar-refractivity contribution in [2.24, 2.45) is 0 Å². The quantitative estimate of drug-likeness (QED) is 0.806. The molecule has 4 nitrogen and oxygen atoms in total. The third-order valence-electron chi connectivity index (χ3n) is 2.39. The number of hydrogen-bond donors (Lipinski definition) is 1. The molecule has 0 aliphatic heterocycles. The Kier molecular flexibility index (Phi) is 2.41. The molecule has 0 spiro atoms. The number of hydrogen-bond acceptors (Lipinski definition) is 3. The van der Waals surface area contributed by atoms with Crippen LogP contribution in [0.4, 0.5) is 5.69 Å². The lowest BCUT2D eigenvalue weighted by atomic mass is 10.3. The van der Waals surface area contributed by atoms with Gasteiger partial charge in [-0.15, -0.1) is 0 Å². The van der Waals surface area contributed by atoms with Gasteiger partial charge in [0.2, 0.25) is 0 Å². The van der Waals surface area contributed by atoms with E-state index in [-0.39, 0.29) is 0 Å². The predicted octanol–water partition coefficient (Wildman–Crippen LogP) is 1.72. The van der Waals surface area contributed by atoms with E-state index < -0.39 is 0 Å². The van der Waals surface area contributed by atoms with E-state index in [1.54, 1.807) is 6.20 Å². The first-order valence-corrected chi connectivity index (χ1v) is 4.98. The standard InChI is InChI=1S/C11H14N4/c1-3-10-13-6-7-15(10)11-5-4-9(12)8(2)14-11/h4-7H,3,12H2,1-2H3. The van der Waals surface area contributed by atoms with Gasteiger partial charge in [-0.2, -0.15) is 0 Å². The Morgan fingerprint density at radius 2 is 2.20 bits per heavy atom. The lowest BCUT2D eigenvalue weighted by Gasteiger charge is -2.07. The molecule has 2 heterocycles. The lowest BCUT2D eigenvalue weighted by molar-refractivity contribution is 0.863. The average Bonchev–Trinajstić information content (AvgIpc) is 2.70. The van der Waals surface area contributed by atoms with E-state index in [9.17, 15) is 0 Å². The minimum absolute atomic E-state index is 0.719. The smallest absolute Gasteiger partial charge is 0.138 e. The van der Waals surface area contributed by atoms with Gasteiger partial charge in [0.15, 0.2) is 0 Å². The third-order valence-corrected chi connectivity index (χ3v) is 2.39. The maximum absolute atomic E-state index is 5.73. The number of rotatable bonds is 2. The molecule has 0 amide bonds. The molecular weight excluding hydrogens is 188 g/mol. The summed E-state index contributed by atoms with van der Waals surface area (Å²) in [6, 6.07) is 3.78. The average molecular weight is 202 g/mol. The molecule has 78 valence electrons. The molecule has 0 aliphatic carbocycles. The van der Waals surface area contributed by atoms with Crippen LogP contribution in [0.5, 0.6) is 0 Å². The van der Waals surface area contributed by atoms with E-state index in [0.29, 0.717) is 0 Å². The topological polar surface area (TPSA) is 56.7 Å². The highest BCUT2D eigenvalue weighted by molar-refractivity contribution is 5.45. The Morgan fingerprint density at radius 3 is 2.87 bits per heavy atom. The van der Waals surface area contributed by atoms with Crippen molar-refractivity contribution >= 4 is 5.69 Å². The van der Waals surface area contributed by atoms with Crippen molar-refractivity contribution in [3.05, 3.63) is 36.0 Å². The highest BCUT2D eigenvalue weighted by Gasteiger charge is 2.04. The molecule has 2 aromatic heterocycles. The molecule has 0 radical (unpaired) electrons. The molecule has 2 aromatic rings. The summed E-state index contributed by atoms with van der Waals surface area (Å²) >= 11 is 0. The molecule has 0 aromatic carbocycles. The second kappa shape index (κ2) is 3.73. The summed E-state index contributed by atoms with van der Waals surface area (Å²) in [5, 5.41) is 0. The van der Waals surface area contributed by atoms with Crippen LogP contribution >= 0.6 is 0 Å². The molecular formula is C11H14N4. The summed E-state index contributed by atoms with van der Waals surface area (Å²) < 4.78 is 1.98. The van der Waals surface area contributed by atoms with Crippen LogP contribution < -0.4 is 5.73 Å². The maximum Gasteiger partial charge on any atom is 0.138 e. The zero-order valence-electron chi connectivity index (χ0n) is 8.94. The van der Waals surface area contributed by atoms with E-state index in [1.807, 2.05) is 29.8 Å². The SMILES string of the molecule is CCc1nccn1-c1ccc(N)c(C)n1. The molecule has 2 N–H and O–H groups in total. The van der Waals surface area contributed by atoms with Crippen LogP contribution in [0.15, 0.2) is 24.5 Å². The van der Waals surface area contributed by atoms with Gasteiger partial charge in [-0.1, -0.05) is 6.92 Å². The Balaban J connectivity index is 2.50. The van der Waals surface area contributed by atoms with Crippen LogP contribution in [0.25, 0.3) is 5.82 Å². The Bertz CT molecular complexity index is 473. The molecule has 0 atom stereocenters. The summed E-state index contributed by atoms with van der Waals surface area (Å²) in [6.07, 6.45) is 4.58. The van der Waals surface area contributed by atoms with Crippen molar-refractivity contribution in [3.8, 4) is 5.82 Å². The maximum atomic E-state index is 5.73. The minimum Gasteiger partial charge on any atom is -0.397 e. The number of imidazole rings is 1. The van der Waals surface area contributed by atoms with Gasteiger partial charge < -0.3 is 5.73 Å². The fraction of sp³-hybridized carbons (Fsp3) is 0.273. The Labute approximate surface area is 88.8 Å². The number of pyridine rings is 1. The van der Waals surface area contributed by atoms with Gasteiger partial charge in [-0.3, -0.25) is 4.57 Å². The second-order valence-corrected chi connectivity index (χ2v) is 3.41. The predicted molar refractivity (Wildman–Crippen MR) is 59.9 cm³/mol. The Morgan fingerprint density at radius 1 is 1.40 bits per heavy atom. The van der Waals surface area contributed by atoms with E-state index in [0.717, 1.165) is 29.4 Å². The van der Waals surface area contributed by atoms with Crippen molar-refractivity contribution in [2.45, 2.75) is 20.3 Å². The zero-order valence-corrected chi connectivity index (χ0v) is 8.94. The van der Waals surface area contributed by atoms with E-state index >= 15 is 0 Å². The largest absolute Gasteiger partial charge is 0.397 e. The van der Waals surface area contributed by atoms with Crippen LogP contribution in [-0.4, -0.2) is 14.5 Å². The number of aryl methyl sites for hydroxylation is 2. The number of nitrogen functional groups attached to an aromatic ring is 1. The molecule has 2 rings (SSSR count). The molecule has 0 saturated heterocycles. The highest BCUT2D eigenvalue weighted by atomic mass is 15.1.